The highest BCUT2D eigenvalue weighted by molar-refractivity contribution is 7.99. The lowest BCUT2D eigenvalue weighted by Gasteiger charge is -2.19. The van der Waals surface area contributed by atoms with Gasteiger partial charge >= 0.3 is 0 Å². The number of aromatic nitrogens is 5. The number of carbonyl (C=O) groups excluding carboxylic acids is 1. The van der Waals surface area contributed by atoms with Gasteiger partial charge in [0, 0.05) is 32.4 Å². The minimum absolute atomic E-state index is 0.188. The second-order valence-corrected chi connectivity index (χ2v) is 7.71. The Kier molecular flexibility index (Phi) is 7.36. The fourth-order valence-electron chi connectivity index (χ4n) is 3.38. The third-order valence-corrected chi connectivity index (χ3v) is 5.84. The van der Waals surface area contributed by atoms with Crippen LogP contribution < -0.4 is 4.74 Å². The van der Waals surface area contributed by atoms with E-state index in [1.54, 1.807) is 0 Å². The van der Waals surface area contributed by atoms with Crippen LogP contribution in [0.3, 0.4) is 0 Å². The maximum atomic E-state index is 12.6. The molecule has 3 heterocycles. The Morgan fingerprint density at radius 1 is 1.11 bits per heavy atom. The van der Waals surface area contributed by atoms with Gasteiger partial charge in [-0.3, -0.25) is 9.48 Å². The van der Waals surface area contributed by atoms with Crippen LogP contribution in [-0.2, 0) is 17.9 Å². The number of nitrogens with zero attached hydrogens (tertiary/aromatic N) is 6. The van der Waals surface area contributed by atoms with E-state index in [9.17, 15) is 4.79 Å². The van der Waals surface area contributed by atoms with Gasteiger partial charge in [0.2, 0.25) is 11.8 Å². The van der Waals surface area contributed by atoms with Crippen molar-refractivity contribution in [2.75, 3.05) is 25.4 Å². The smallest absolute Gasteiger partial charge is 0.243 e. The van der Waals surface area contributed by atoms with Crippen molar-refractivity contribution in [3.05, 3.63) is 6.20 Å². The molecule has 1 fully saturated rings. The summed E-state index contributed by atoms with van der Waals surface area (Å²) >= 11 is 1.46. The molecule has 1 amide bonds. The number of hydrogen-bond donors (Lipinski definition) is 0. The molecule has 2 aromatic rings. The first-order valence-electron chi connectivity index (χ1n) is 10.2. The van der Waals surface area contributed by atoms with Gasteiger partial charge in [0.05, 0.1) is 12.4 Å². The van der Waals surface area contributed by atoms with Gasteiger partial charge in [0.25, 0.3) is 0 Å². The number of ether oxygens (including phenoxy) is 1. The molecule has 1 aliphatic heterocycles. The summed E-state index contributed by atoms with van der Waals surface area (Å²) in [5.41, 5.74) is 0.837. The number of hydrogen-bond acceptors (Lipinski definition) is 6. The van der Waals surface area contributed by atoms with E-state index in [0.29, 0.717) is 24.8 Å². The molecule has 0 aliphatic carbocycles. The number of rotatable bonds is 8. The molecule has 9 heteroatoms. The van der Waals surface area contributed by atoms with Crippen LogP contribution in [0.25, 0.3) is 11.4 Å². The first-order valence-corrected chi connectivity index (χ1v) is 11.2. The molecular formula is C19H30N6O2S. The van der Waals surface area contributed by atoms with Crippen molar-refractivity contribution in [1.29, 1.82) is 0 Å². The number of thioether (sulfide) groups is 1. The number of amides is 1. The van der Waals surface area contributed by atoms with Gasteiger partial charge in [0.15, 0.2) is 11.0 Å². The van der Waals surface area contributed by atoms with Crippen LogP contribution in [-0.4, -0.2) is 60.8 Å². The second kappa shape index (κ2) is 9.95. The van der Waals surface area contributed by atoms with Crippen molar-refractivity contribution in [3.8, 4) is 17.3 Å². The Morgan fingerprint density at radius 3 is 2.50 bits per heavy atom. The van der Waals surface area contributed by atoms with E-state index >= 15 is 0 Å². The fourth-order valence-corrected chi connectivity index (χ4v) is 4.28. The standard InChI is InChI=1S/C19H30N6O2S/c1-4-24-13-15(18(22-24)27-6-3)17-20-21-19(25(17)5-2)28-14-16(26)23-11-9-7-8-10-12-23/h13H,4-12,14H2,1-3H3. The molecule has 0 aromatic carbocycles. The normalized spacial score (nSPS) is 14.9. The van der Waals surface area contributed by atoms with Crippen LogP contribution in [0.15, 0.2) is 11.4 Å². The van der Waals surface area contributed by atoms with Crippen LogP contribution in [0.1, 0.15) is 46.5 Å². The van der Waals surface area contributed by atoms with Gasteiger partial charge in [-0.05, 0) is 33.6 Å². The van der Waals surface area contributed by atoms with E-state index in [2.05, 4.69) is 22.2 Å². The zero-order valence-corrected chi connectivity index (χ0v) is 17.9. The zero-order valence-electron chi connectivity index (χ0n) is 17.1. The Morgan fingerprint density at radius 2 is 1.86 bits per heavy atom. The third-order valence-electron chi connectivity index (χ3n) is 4.89. The highest BCUT2D eigenvalue weighted by atomic mass is 32.2. The van der Waals surface area contributed by atoms with Crippen molar-refractivity contribution in [2.45, 2.75) is 64.7 Å². The van der Waals surface area contributed by atoms with Gasteiger partial charge in [0.1, 0.15) is 5.56 Å². The molecule has 0 bridgehead atoms. The van der Waals surface area contributed by atoms with Gasteiger partial charge in [-0.15, -0.1) is 15.3 Å². The summed E-state index contributed by atoms with van der Waals surface area (Å²) in [5.74, 6) is 1.89. The molecule has 28 heavy (non-hydrogen) atoms. The molecule has 3 rings (SSSR count). The summed E-state index contributed by atoms with van der Waals surface area (Å²) in [6.45, 7) is 9.79. The highest BCUT2D eigenvalue weighted by Gasteiger charge is 2.22. The average Bonchev–Trinajstić information content (AvgIpc) is 3.19. The summed E-state index contributed by atoms with van der Waals surface area (Å²) in [4.78, 5) is 14.6. The number of carbonyl (C=O) groups is 1. The third kappa shape index (κ3) is 4.68. The van der Waals surface area contributed by atoms with Crippen molar-refractivity contribution in [1.82, 2.24) is 29.4 Å². The van der Waals surface area contributed by atoms with Gasteiger partial charge in [-0.1, -0.05) is 24.6 Å². The molecule has 2 aromatic heterocycles. The number of aryl methyl sites for hydroxylation is 1. The summed E-state index contributed by atoms with van der Waals surface area (Å²) < 4.78 is 9.56. The van der Waals surface area contributed by atoms with Crippen molar-refractivity contribution < 1.29 is 9.53 Å². The minimum atomic E-state index is 0.188. The lowest BCUT2D eigenvalue weighted by Crippen LogP contribution is -2.33. The predicted molar refractivity (Wildman–Crippen MR) is 110 cm³/mol. The predicted octanol–water partition coefficient (Wildman–Crippen LogP) is 3.07. The highest BCUT2D eigenvalue weighted by Crippen LogP contribution is 2.30. The molecule has 0 radical (unpaired) electrons. The van der Waals surface area contributed by atoms with Gasteiger partial charge in [-0.25, -0.2) is 0 Å². The van der Waals surface area contributed by atoms with E-state index in [4.69, 9.17) is 4.74 Å². The second-order valence-electron chi connectivity index (χ2n) is 6.77. The topological polar surface area (TPSA) is 78.1 Å². The molecular weight excluding hydrogens is 376 g/mol. The summed E-state index contributed by atoms with van der Waals surface area (Å²) in [6, 6.07) is 0. The molecule has 0 saturated carbocycles. The maximum absolute atomic E-state index is 12.6. The summed E-state index contributed by atoms with van der Waals surface area (Å²) in [5, 5.41) is 14.0. The molecule has 154 valence electrons. The quantitative estimate of drug-likeness (QED) is 0.627. The van der Waals surface area contributed by atoms with E-state index < -0.39 is 0 Å². The van der Waals surface area contributed by atoms with Crippen LogP contribution in [0, 0.1) is 0 Å². The van der Waals surface area contributed by atoms with Gasteiger partial charge in [-0.2, -0.15) is 0 Å². The monoisotopic (exact) mass is 406 g/mol. The van der Waals surface area contributed by atoms with E-state index in [1.165, 1.54) is 24.6 Å². The van der Waals surface area contributed by atoms with Crippen molar-refractivity contribution >= 4 is 17.7 Å². The Bertz CT molecular complexity index is 779. The molecule has 1 aliphatic rings. The fraction of sp³-hybridized carbons (Fsp3) is 0.684. The SMILES string of the molecule is CCOc1nn(CC)cc1-c1nnc(SCC(=O)N2CCCCCC2)n1CC. The lowest BCUT2D eigenvalue weighted by molar-refractivity contribution is -0.128. The molecule has 0 atom stereocenters. The Labute approximate surface area is 170 Å². The molecule has 1 saturated heterocycles. The molecule has 0 unspecified atom stereocenters. The molecule has 0 spiro atoms. The number of likely N-dealkylation sites (tertiary alicyclic amines) is 1. The maximum Gasteiger partial charge on any atom is 0.243 e. The van der Waals surface area contributed by atoms with Crippen LogP contribution in [0.4, 0.5) is 0 Å². The molecule has 0 N–H and O–H groups in total. The van der Waals surface area contributed by atoms with E-state index in [0.717, 1.165) is 49.0 Å². The molecule has 8 nitrogen and oxygen atoms in total. The van der Waals surface area contributed by atoms with Gasteiger partial charge < -0.3 is 14.2 Å². The minimum Gasteiger partial charge on any atom is -0.476 e. The van der Waals surface area contributed by atoms with Crippen LogP contribution >= 0.6 is 11.8 Å². The van der Waals surface area contributed by atoms with E-state index in [1.807, 2.05) is 34.2 Å². The Hall–Kier alpha value is -2.03. The first-order chi connectivity index (χ1) is 13.7. The largest absolute Gasteiger partial charge is 0.476 e. The van der Waals surface area contributed by atoms with Crippen LogP contribution in [0.5, 0.6) is 5.88 Å². The van der Waals surface area contributed by atoms with Crippen molar-refractivity contribution in [2.24, 2.45) is 0 Å². The Balaban J connectivity index is 1.75. The zero-order chi connectivity index (χ0) is 19.9. The summed E-state index contributed by atoms with van der Waals surface area (Å²) in [6.07, 6.45) is 6.59. The lowest BCUT2D eigenvalue weighted by atomic mass is 10.2. The average molecular weight is 407 g/mol. The first kappa shape index (κ1) is 20.7. The van der Waals surface area contributed by atoms with Crippen LogP contribution in [0.2, 0.25) is 0 Å². The van der Waals surface area contributed by atoms with Crippen molar-refractivity contribution in [3.63, 3.8) is 0 Å². The van der Waals surface area contributed by atoms with E-state index in [-0.39, 0.29) is 5.91 Å². The summed E-state index contributed by atoms with van der Waals surface area (Å²) in [7, 11) is 0.